The quantitative estimate of drug-likeness (QED) is 0.838. The number of hydrogen-bond acceptors (Lipinski definition) is 2. The average molecular weight is 303 g/mol. The molecule has 2 unspecified atom stereocenters. The van der Waals surface area contributed by atoms with Crippen LogP contribution in [0.1, 0.15) is 53.9 Å². The molecule has 2 N–H and O–H groups in total. The highest BCUT2D eigenvalue weighted by molar-refractivity contribution is 5.85. The number of rotatable bonds is 4. The Morgan fingerprint density at radius 3 is 2.35 bits per heavy atom. The van der Waals surface area contributed by atoms with Gasteiger partial charge in [0.2, 0.25) is 5.91 Å². The summed E-state index contributed by atoms with van der Waals surface area (Å²) < 4.78 is 0. The van der Waals surface area contributed by atoms with Gasteiger partial charge in [-0.1, -0.05) is 34.6 Å². The van der Waals surface area contributed by atoms with Crippen LogP contribution in [0.4, 0.5) is 0 Å². The third-order valence-corrected chi connectivity index (χ3v) is 5.97. The monoisotopic (exact) mass is 302 g/mol. The van der Waals surface area contributed by atoms with E-state index in [4.69, 9.17) is 0 Å². The van der Waals surface area contributed by atoms with E-state index in [9.17, 15) is 4.79 Å². The van der Waals surface area contributed by atoms with E-state index in [1.807, 2.05) is 0 Å². The lowest BCUT2D eigenvalue weighted by atomic mass is 9.85. The number of carbonyl (C=O) groups excluding carboxylic acids is 1. The predicted octanol–water partition coefficient (Wildman–Crippen LogP) is 2.98. The number of halogens is 1. The van der Waals surface area contributed by atoms with Gasteiger partial charge in [-0.3, -0.25) is 4.79 Å². The summed E-state index contributed by atoms with van der Waals surface area (Å²) in [6.07, 6.45) is 3.19. The van der Waals surface area contributed by atoms with Gasteiger partial charge in [0, 0.05) is 12.5 Å². The summed E-state index contributed by atoms with van der Waals surface area (Å²) >= 11 is 0. The van der Waals surface area contributed by atoms with Crippen molar-refractivity contribution in [2.45, 2.75) is 59.9 Å². The van der Waals surface area contributed by atoms with Gasteiger partial charge in [-0.05, 0) is 48.6 Å². The zero-order chi connectivity index (χ0) is 14.3. The molecular formula is C16H31ClN2O. The van der Waals surface area contributed by atoms with Gasteiger partial charge in [0.1, 0.15) is 0 Å². The maximum atomic E-state index is 12.2. The third-order valence-electron chi connectivity index (χ3n) is 5.97. The van der Waals surface area contributed by atoms with E-state index in [0.29, 0.717) is 24.3 Å². The molecule has 2 rings (SSSR count). The van der Waals surface area contributed by atoms with Crippen molar-refractivity contribution in [3.05, 3.63) is 0 Å². The molecule has 1 saturated carbocycles. The molecule has 4 heteroatoms. The molecule has 2 fully saturated rings. The number of amides is 1. The summed E-state index contributed by atoms with van der Waals surface area (Å²) in [5.41, 5.74) is 0.469. The molecule has 1 heterocycles. The molecule has 118 valence electrons. The molecule has 0 radical (unpaired) electrons. The van der Waals surface area contributed by atoms with E-state index in [2.05, 4.69) is 45.3 Å². The van der Waals surface area contributed by atoms with Gasteiger partial charge in [-0.25, -0.2) is 0 Å². The molecule has 20 heavy (non-hydrogen) atoms. The van der Waals surface area contributed by atoms with Gasteiger partial charge in [0.25, 0.3) is 0 Å². The summed E-state index contributed by atoms with van der Waals surface area (Å²) in [6, 6.07) is 0.337. The average Bonchev–Trinajstić information content (AvgIpc) is 2.73. The van der Waals surface area contributed by atoms with E-state index in [-0.39, 0.29) is 29.1 Å². The molecule has 2 aliphatic rings. The first-order valence-electron chi connectivity index (χ1n) is 7.77. The molecule has 0 aromatic rings. The molecule has 0 spiro atoms. The van der Waals surface area contributed by atoms with Crippen LogP contribution in [0.15, 0.2) is 0 Å². The van der Waals surface area contributed by atoms with Gasteiger partial charge in [-0.15, -0.1) is 12.4 Å². The van der Waals surface area contributed by atoms with Crippen LogP contribution in [-0.4, -0.2) is 25.0 Å². The molecule has 1 saturated heterocycles. The van der Waals surface area contributed by atoms with E-state index < -0.39 is 0 Å². The van der Waals surface area contributed by atoms with E-state index in [0.717, 1.165) is 13.1 Å². The first-order chi connectivity index (χ1) is 8.76. The fourth-order valence-corrected chi connectivity index (χ4v) is 3.60. The third kappa shape index (κ3) is 3.30. The van der Waals surface area contributed by atoms with E-state index in [1.165, 1.54) is 12.8 Å². The Hall–Kier alpha value is -0.280. The second-order valence-corrected chi connectivity index (χ2v) is 7.73. The number of carbonyl (C=O) groups is 1. The highest BCUT2D eigenvalue weighted by Gasteiger charge is 2.65. The normalized spacial score (nSPS) is 29.1. The van der Waals surface area contributed by atoms with Crippen molar-refractivity contribution in [2.75, 3.05) is 13.1 Å². The van der Waals surface area contributed by atoms with Crippen molar-refractivity contribution in [2.24, 2.45) is 22.7 Å². The molecule has 1 aliphatic carbocycles. The van der Waals surface area contributed by atoms with Crippen LogP contribution in [0.5, 0.6) is 0 Å². The van der Waals surface area contributed by atoms with Crippen LogP contribution >= 0.6 is 12.4 Å². The van der Waals surface area contributed by atoms with Crippen molar-refractivity contribution < 1.29 is 4.79 Å². The Balaban J connectivity index is 0.00000200. The standard InChI is InChI=1S/C16H30N2O.ClH/c1-11(12-7-6-8-17-10-12)9-13(19)18-14-15(2,3)16(14,4)5;/h11-12,14,17H,6-10H2,1-5H3,(H,18,19);1H. The fraction of sp³-hybridized carbons (Fsp3) is 0.938. The molecule has 0 aromatic heterocycles. The summed E-state index contributed by atoms with van der Waals surface area (Å²) in [7, 11) is 0. The maximum absolute atomic E-state index is 12.2. The van der Waals surface area contributed by atoms with E-state index in [1.54, 1.807) is 0 Å². The van der Waals surface area contributed by atoms with Crippen LogP contribution in [0.25, 0.3) is 0 Å². The first-order valence-corrected chi connectivity index (χ1v) is 7.77. The fourth-order valence-electron chi connectivity index (χ4n) is 3.60. The van der Waals surface area contributed by atoms with Gasteiger partial charge in [0.05, 0.1) is 0 Å². The highest BCUT2D eigenvalue weighted by atomic mass is 35.5. The maximum Gasteiger partial charge on any atom is 0.220 e. The Bertz CT molecular complexity index is 334. The Morgan fingerprint density at radius 1 is 1.30 bits per heavy atom. The van der Waals surface area contributed by atoms with Crippen LogP contribution in [0.2, 0.25) is 0 Å². The second kappa shape index (κ2) is 6.23. The summed E-state index contributed by atoms with van der Waals surface area (Å²) in [6.45, 7) is 13.4. The lowest BCUT2D eigenvalue weighted by molar-refractivity contribution is -0.122. The SMILES string of the molecule is CC(CC(=O)NC1C(C)(C)C1(C)C)C1CCCNC1.Cl. The summed E-state index contributed by atoms with van der Waals surface area (Å²) in [4.78, 5) is 12.2. The number of hydrogen-bond donors (Lipinski definition) is 2. The zero-order valence-electron chi connectivity index (χ0n) is 13.6. The van der Waals surface area contributed by atoms with Crippen molar-refractivity contribution in [3.8, 4) is 0 Å². The lowest BCUT2D eigenvalue weighted by Crippen LogP contribution is -2.36. The first kappa shape index (κ1) is 17.8. The van der Waals surface area contributed by atoms with Gasteiger partial charge < -0.3 is 10.6 Å². The number of piperidine rings is 1. The molecule has 1 aliphatic heterocycles. The smallest absolute Gasteiger partial charge is 0.220 e. The van der Waals surface area contributed by atoms with Crippen molar-refractivity contribution in [3.63, 3.8) is 0 Å². The zero-order valence-corrected chi connectivity index (χ0v) is 14.4. The molecular weight excluding hydrogens is 272 g/mol. The second-order valence-electron chi connectivity index (χ2n) is 7.73. The Labute approximate surface area is 130 Å². The van der Waals surface area contributed by atoms with Crippen molar-refractivity contribution in [1.29, 1.82) is 0 Å². The van der Waals surface area contributed by atoms with E-state index >= 15 is 0 Å². The molecule has 1 amide bonds. The Morgan fingerprint density at radius 2 is 1.90 bits per heavy atom. The molecule has 2 atom stereocenters. The van der Waals surface area contributed by atoms with Crippen molar-refractivity contribution in [1.82, 2.24) is 10.6 Å². The summed E-state index contributed by atoms with van der Waals surface area (Å²) in [5, 5.41) is 6.68. The molecule has 3 nitrogen and oxygen atoms in total. The largest absolute Gasteiger partial charge is 0.352 e. The van der Waals surface area contributed by atoms with Gasteiger partial charge in [0.15, 0.2) is 0 Å². The topological polar surface area (TPSA) is 41.1 Å². The van der Waals surface area contributed by atoms with Crippen LogP contribution in [0, 0.1) is 22.7 Å². The summed E-state index contributed by atoms with van der Waals surface area (Å²) in [5.74, 6) is 1.39. The van der Waals surface area contributed by atoms with Crippen molar-refractivity contribution >= 4 is 18.3 Å². The van der Waals surface area contributed by atoms with Crippen LogP contribution in [0.3, 0.4) is 0 Å². The van der Waals surface area contributed by atoms with Gasteiger partial charge >= 0.3 is 0 Å². The highest BCUT2D eigenvalue weighted by Crippen LogP contribution is 2.62. The molecule has 0 bridgehead atoms. The number of nitrogens with one attached hydrogen (secondary N) is 2. The Kier molecular flexibility index (Phi) is 5.53. The predicted molar refractivity (Wildman–Crippen MR) is 86.1 cm³/mol. The van der Waals surface area contributed by atoms with Gasteiger partial charge in [-0.2, -0.15) is 0 Å². The minimum absolute atomic E-state index is 0. The van der Waals surface area contributed by atoms with Crippen LogP contribution in [-0.2, 0) is 4.79 Å². The minimum Gasteiger partial charge on any atom is -0.352 e. The van der Waals surface area contributed by atoms with Crippen LogP contribution < -0.4 is 10.6 Å². The minimum atomic E-state index is 0. The lowest BCUT2D eigenvalue weighted by Gasteiger charge is -2.28. The molecule has 0 aromatic carbocycles.